The Morgan fingerprint density at radius 3 is 2.67 bits per heavy atom. The van der Waals surface area contributed by atoms with Gasteiger partial charge in [-0.15, -0.1) is 0 Å². The van der Waals surface area contributed by atoms with E-state index >= 15 is 0 Å². The molecule has 0 atom stereocenters. The lowest BCUT2D eigenvalue weighted by Gasteiger charge is -2.05. The summed E-state index contributed by atoms with van der Waals surface area (Å²) in [6.07, 6.45) is 0.693. The topological polar surface area (TPSA) is 66.0 Å². The van der Waals surface area contributed by atoms with Gasteiger partial charge >= 0.3 is 0 Å². The third-order valence-corrected chi connectivity index (χ3v) is 2.65. The highest BCUT2D eigenvalue weighted by atomic mass is 16.5. The summed E-state index contributed by atoms with van der Waals surface area (Å²) in [4.78, 5) is 4.38. The van der Waals surface area contributed by atoms with Crippen molar-refractivity contribution in [2.45, 2.75) is 20.0 Å². The average Bonchev–Trinajstić information content (AvgIpc) is 2.70. The summed E-state index contributed by atoms with van der Waals surface area (Å²) < 4.78 is 7.40. The first-order valence-electron chi connectivity index (χ1n) is 5.97. The van der Waals surface area contributed by atoms with Gasteiger partial charge in [0.15, 0.2) is 11.6 Å². The van der Waals surface area contributed by atoms with Crippen molar-refractivity contribution in [2.75, 3.05) is 6.54 Å². The minimum absolute atomic E-state index is 0.414. The lowest BCUT2D eigenvalue weighted by atomic mass is 10.2. The van der Waals surface area contributed by atoms with Crippen molar-refractivity contribution in [3.63, 3.8) is 0 Å². The van der Waals surface area contributed by atoms with Crippen LogP contribution >= 0.6 is 0 Å². The molecule has 0 aliphatic heterocycles. The maximum Gasteiger partial charge on any atom is 0.164 e. The Hall–Kier alpha value is -1.88. The van der Waals surface area contributed by atoms with Gasteiger partial charge in [0.05, 0.1) is 0 Å². The first kappa shape index (κ1) is 12.6. The molecule has 2 N–H and O–H groups in total. The van der Waals surface area contributed by atoms with E-state index in [2.05, 4.69) is 10.1 Å². The second-order valence-corrected chi connectivity index (χ2v) is 4.21. The molecular weight excluding hydrogens is 228 g/mol. The second kappa shape index (κ2) is 5.64. The number of hydrogen-bond acceptors (Lipinski definition) is 4. The number of aryl methyl sites for hydroxylation is 2. The van der Waals surface area contributed by atoms with Gasteiger partial charge in [0.1, 0.15) is 12.4 Å². The van der Waals surface area contributed by atoms with Crippen LogP contribution in [0.1, 0.15) is 17.2 Å². The van der Waals surface area contributed by atoms with E-state index in [1.54, 1.807) is 4.68 Å². The highest BCUT2D eigenvalue weighted by Gasteiger charge is 2.07. The van der Waals surface area contributed by atoms with Crippen molar-refractivity contribution in [3.8, 4) is 5.75 Å². The zero-order valence-corrected chi connectivity index (χ0v) is 10.8. The van der Waals surface area contributed by atoms with Crippen molar-refractivity contribution in [3.05, 3.63) is 41.5 Å². The second-order valence-electron chi connectivity index (χ2n) is 4.21. The van der Waals surface area contributed by atoms with Gasteiger partial charge in [-0.05, 0) is 25.6 Å². The number of nitrogens with zero attached hydrogens (tertiary/aromatic N) is 3. The minimum atomic E-state index is 0.414. The maximum atomic E-state index is 5.66. The van der Waals surface area contributed by atoms with Crippen molar-refractivity contribution < 1.29 is 4.74 Å². The van der Waals surface area contributed by atoms with Crippen molar-refractivity contribution >= 4 is 0 Å². The quantitative estimate of drug-likeness (QED) is 0.861. The Kier molecular flexibility index (Phi) is 3.94. The zero-order valence-electron chi connectivity index (χ0n) is 10.8. The van der Waals surface area contributed by atoms with Crippen molar-refractivity contribution in [1.29, 1.82) is 0 Å². The zero-order chi connectivity index (χ0) is 13.0. The number of aromatic nitrogens is 3. The number of benzene rings is 1. The summed E-state index contributed by atoms with van der Waals surface area (Å²) in [6.45, 7) is 3.02. The van der Waals surface area contributed by atoms with Crippen LogP contribution in [0, 0.1) is 6.92 Å². The van der Waals surface area contributed by atoms with E-state index in [1.165, 1.54) is 5.56 Å². The number of ether oxygens (including phenoxy) is 1. The van der Waals surface area contributed by atoms with E-state index in [9.17, 15) is 0 Å². The molecule has 18 heavy (non-hydrogen) atoms. The molecule has 5 nitrogen and oxygen atoms in total. The highest BCUT2D eigenvalue weighted by Crippen LogP contribution is 2.13. The molecule has 0 radical (unpaired) electrons. The van der Waals surface area contributed by atoms with Crippen LogP contribution in [0.4, 0.5) is 0 Å². The predicted octanol–water partition coefficient (Wildman–Crippen LogP) is 1.20. The van der Waals surface area contributed by atoms with Crippen LogP contribution in [-0.4, -0.2) is 21.3 Å². The molecule has 0 amide bonds. The molecule has 0 saturated carbocycles. The Balaban J connectivity index is 1.99. The number of nitrogens with two attached hydrogens (primary N) is 1. The Morgan fingerprint density at radius 2 is 2.00 bits per heavy atom. The molecule has 2 rings (SSSR count). The van der Waals surface area contributed by atoms with E-state index in [1.807, 2.05) is 38.2 Å². The molecule has 0 unspecified atom stereocenters. The lowest BCUT2D eigenvalue weighted by molar-refractivity contribution is 0.289. The molecule has 1 aromatic carbocycles. The molecular formula is C13H18N4O. The van der Waals surface area contributed by atoms with E-state index in [4.69, 9.17) is 10.5 Å². The largest absolute Gasteiger partial charge is 0.486 e. The van der Waals surface area contributed by atoms with Crippen LogP contribution in [0.5, 0.6) is 5.75 Å². The lowest BCUT2D eigenvalue weighted by Crippen LogP contribution is -2.04. The Morgan fingerprint density at radius 1 is 1.28 bits per heavy atom. The first-order chi connectivity index (χ1) is 8.69. The fourth-order valence-corrected chi connectivity index (χ4v) is 1.62. The number of rotatable bonds is 5. The van der Waals surface area contributed by atoms with Crippen molar-refractivity contribution in [1.82, 2.24) is 14.8 Å². The van der Waals surface area contributed by atoms with Gasteiger partial charge in [0.2, 0.25) is 0 Å². The van der Waals surface area contributed by atoms with Crippen LogP contribution in [0.3, 0.4) is 0 Å². The molecule has 0 spiro atoms. The Bertz CT molecular complexity index is 504. The maximum absolute atomic E-state index is 5.66. The summed E-state index contributed by atoms with van der Waals surface area (Å²) in [5.74, 6) is 2.41. The molecule has 96 valence electrons. The summed E-state index contributed by atoms with van der Waals surface area (Å²) in [6, 6.07) is 7.94. The van der Waals surface area contributed by atoms with Gasteiger partial charge in [0.25, 0.3) is 0 Å². The van der Waals surface area contributed by atoms with E-state index in [0.29, 0.717) is 19.6 Å². The molecule has 0 saturated heterocycles. The molecule has 0 fully saturated rings. The molecule has 0 bridgehead atoms. The minimum Gasteiger partial charge on any atom is -0.486 e. The highest BCUT2D eigenvalue weighted by molar-refractivity contribution is 5.26. The molecule has 1 heterocycles. The van der Waals surface area contributed by atoms with Gasteiger partial charge in [0, 0.05) is 13.5 Å². The van der Waals surface area contributed by atoms with E-state index < -0.39 is 0 Å². The molecule has 0 aliphatic carbocycles. The SMILES string of the molecule is Cc1ccc(OCc2nc(CCN)nn2C)cc1. The van der Waals surface area contributed by atoms with Crippen LogP contribution in [-0.2, 0) is 20.1 Å². The average molecular weight is 246 g/mol. The summed E-state index contributed by atoms with van der Waals surface area (Å²) >= 11 is 0. The van der Waals surface area contributed by atoms with Crippen LogP contribution < -0.4 is 10.5 Å². The van der Waals surface area contributed by atoms with E-state index in [0.717, 1.165) is 17.4 Å². The summed E-state index contributed by atoms with van der Waals surface area (Å²) in [7, 11) is 1.86. The van der Waals surface area contributed by atoms with Crippen LogP contribution in [0.2, 0.25) is 0 Å². The smallest absolute Gasteiger partial charge is 0.164 e. The van der Waals surface area contributed by atoms with E-state index in [-0.39, 0.29) is 0 Å². The van der Waals surface area contributed by atoms with Gasteiger partial charge in [-0.2, -0.15) is 5.10 Å². The van der Waals surface area contributed by atoms with Gasteiger partial charge in [-0.25, -0.2) is 9.67 Å². The van der Waals surface area contributed by atoms with Gasteiger partial charge in [-0.1, -0.05) is 17.7 Å². The molecule has 5 heteroatoms. The fourth-order valence-electron chi connectivity index (χ4n) is 1.62. The van der Waals surface area contributed by atoms with Crippen LogP contribution in [0.15, 0.2) is 24.3 Å². The third-order valence-electron chi connectivity index (χ3n) is 2.65. The van der Waals surface area contributed by atoms with Gasteiger partial charge in [-0.3, -0.25) is 0 Å². The standard InChI is InChI=1S/C13H18N4O/c1-10-3-5-11(6-4-10)18-9-13-15-12(7-8-14)16-17(13)2/h3-6H,7-9,14H2,1-2H3. The molecule has 2 aromatic rings. The monoisotopic (exact) mass is 246 g/mol. The Labute approximate surface area is 107 Å². The molecule has 0 aliphatic rings. The predicted molar refractivity (Wildman–Crippen MR) is 69.3 cm³/mol. The summed E-state index contributed by atoms with van der Waals surface area (Å²) in [5.41, 5.74) is 6.69. The normalized spacial score (nSPS) is 10.6. The number of hydrogen-bond donors (Lipinski definition) is 1. The molecule has 1 aromatic heterocycles. The first-order valence-corrected chi connectivity index (χ1v) is 5.97. The van der Waals surface area contributed by atoms with Crippen molar-refractivity contribution in [2.24, 2.45) is 12.8 Å². The summed E-state index contributed by atoms with van der Waals surface area (Å²) in [5, 5.41) is 4.27. The fraction of sp³-hybridized carbons (Fsp3) is 0.385. The van der Waals surface area contributed by atoms with Gasteiger partial charge < -0.3 is 10.5 Å². The van der Waals surface area contributed by atoms with Crippen LogP contribution in [0.25, 0.3) is 0 Å². The third kappa shape index (κ3) is 3.07.